The smallest absolute Gasteiger partial charge is 0.417 e. The summed E-state index contributed by atoms with van der Waals surface area (Å²) >= 11 is 0. The zero-order valence-electron chi connectivity index (χ0n) is 13.2. The van der Waals surface area contributed by atoms with Crippen LogP contribution >= 0.6 is 0 Å². The van der Waals surface area contributed by atoms with Gasteiger partial charge in [0.2, 0.25) is 5.88 Å². The normalized spacial score (nSPS) is 11.7. The second-order valence-electron chi connectivity index (χ2n) is 5.47. The predicted molar refractivity (Wildman–Crippen MR) is 85.1 cm³/mol. The average molecular weight is 349 g/mol. The number of halogens is 3. The maximum absolute atomic E-state index is 13.5. The van der Waals surface area contributed by atoms with Gasteiger partial charge in [0, 0.05) is 12.0 Å². The van der Waals surface area contributed by atoms with Gasteiger partial charge in [-0.3, -0.25) is 9.89 Å². The minimum atomic E-state index is -4.60. The van der Waals surface area contributed by atoms with Gasteiger partial charge in [0.15, 0.2) is 5.65 Å². The maximum atomic E-state index is 13.5. The first kappa shape index (κ1) is 16.9. The number of rotatable bonds is 5. The molecule has 0 unspecified atom stereocenters. The van der Waals surface area contributed by atoms with Gasteiger partial charge < -0.3 is 4.74 Å². The van der Waals surface area contributed by atoms with Gasteiger partial charge in [-0.2, -0.15) is 13.2 Å². The van der Waals surface area contributed by atoms with Gasteiger partial charge in [-0.25, -0.2) is 4.98 Å². The number of carbonyl (C=O) groups is 1. The molecule has 0 bridgehead atoms. The Morgan fingerprint density at radius 3 is 2.60 bits per heavy atom. The first-order valence-electron chi connectivity index (χ1n) is 7.50. The van der Waals surface area contributed by atoms with E-state index in [0.717, 1.165) is 6.07 Å². The number of H-pyrrole nitrogens is 1. The van der Waals surface area contributed by atoms with E-state index in [1.807, 2.05) is 0 Å². The maximum Gasteiger partial charge on any atom is 0.417 e. The summed E-state index contributed by atoms with van der Waals surface area (Å²) in [6, 6.07) is 9.54. The van der Waals surface area contributed by atoms with Crippen molar-refractivity contribution in [3.63, 3.8) is 0 Å². The topological polar surface area (TPSA) is 67.9 Å². The van der Waals surface area contributed by atoms with Crippen molar-refractivity contribution in [2.45, 2.75) is 19.5 Å². The third-order valence-electron chi connectivity index (χ3n) is 3.56. The lowest BCUT2D eigenvalue weighted by Crippen LogP contribution is -2.08. The summed E-state index contributed by atoms with van der Waals surface area (Å²) in [4.78, 5) is 15.2. The quantitative estimate of drug-likeness (QED) is 0.756. The fraction of sp³-hybridized carbons (Fsp3) is 0.235. The summed E-state index contributed by atoms with van der Waals surface area (Å²) in [5.74, 6) is -0.337. The first-order chi connectivity index (χ1) is 11.9. The Morgan fingerprint density at radius 1 is 1.24 bits per heavy atom. The van der Waals surface area contributed by atoms with Crippen LogP contribution in [-0.2, 0) is 11.0 Å². The molecule has 25 heavy (non-hydrogen) atoms. The molecule has 3 aromatic rings. The zero-order chi connectivity index (χ0) is 18.0. The Bertz CT molecular complexity index is 905. The molecule has 2 heterocycles. The third kappa shape index (κ3) is 3.62. The Morgan fingerprint density at radius 2 is 1.96 bits per heavy atom. The molecule has 8 heteroatoms. The van der Waals surface area contributed by atoms with Crippen molar-refractivity contribution in [2.75, 3.05) is 6.61 Å². The lowest BCUT2D eigenvalue weighted by atomic mass is 10.1. The van der Waals surface area contributed by atoms with Gasteiger partial charge in [0.1, 0.15) is 5.78 Å². The number of hydrogen-bond donors (Lipinski definition) is 1. The molecule has 2 aromatic heterocycles. The molecule has 1 aromatic carbocycles. The second-order valence-corrected chi connectivity index (χ2v) is 5.47. The highest BCUT2D eigenvalue weighted by molar-refractivity contribution is 5.87. The van der Waals surface area contributed by atoms with E-state index in [4.69, 9.17) is 4.74 Å². The number of hydrogen-bond acceptors (Lipinski definition) is 4. The summed E-state index contributed by atoms with van der Waals surface area (Å²) in [5, 5.41) is 6.02. The largest absolute Gasteiger partial charge is 0.476 e. The molecule has 1 N–H and O–H groups in total. The standard InChI is InChI=1S/C17H14F3N3O2/c1-10(24)7-8-25-16-14-12(17(18,19)20)9-13(21-15(14)22-23-16)11-5-3-2-4-6-11/h2-6,9H,7-8H2,1H3,(H,21,22,23). The van der Waals surface area contributed by atoms with Gasteiger partial charge in [-0.1, -0.05) is 30.3 Å². The van der Waals surface area contributed by atoms with Crippen LogP contribution in [0.25, 0.3) is 22.3 Å². The highest BCUT2D eigenvalue weighted by atomic mass is 19.4. The van der Waals surface area contributed by atoms with Crippen LogP contribution in [0.4, 0.5) is 13.2 Å². The number of carbonyl (C=O) groups excluding carboxylic acids is 1. The molecule has 130 valence electrons. The van der Waals surface area contributed by atoms with Crippen molar-refractivity contribution < 1.29 is 22.7 Å². The number of aromatic nitrogens is 3. The molecule has 0 radical (unpaired) electrons. The van der Waals surface area contributed by atoms with E-state index < -0.39 is 11.7 Å². The molecule has 0 saturated heterocycles. The summed E-state index contributed by atoms with van der Waals surface area (Å²) in [7, 11) is 0. The molecule has 0 aliphatic rings. The van der Waals surface area contributed by atoms with Crippen molar-refractivity contribution in [3.05, 3.63) is 42.0 Å². The summed E-state index contributed by atoms with van der Waals surface area (Å²) in [6.45, 7) is 1.33. The van der Waals surface area contributed by atoms with E-state index in [1.165, 1.54) is 6.92 Å². The number of pyridine rings is 1. The number of aromatic amines is 1. The number of alkyl halides is 3. The number of benzene rings is 1. The van der Waals surface area contributed by atoms with Crippen molar-refractivity contribution in [1.82, 2.24) is 15.2 Å². The second kappa shape index (κ2) is 6.54. The first-order valence-corrected chi connectivity index (χ1v) is 7.50. The minimum Gasteiger partial charge on any atom is -0.476 e. The van der Waals surface area contributed by atoms with Gasteiger partial charge >= 0.3 is 6.18 Å². The average Bonchev–Trinajstić information content (AvgIpc) is 2.97. The molecule has 0 spiro atoms. The number of nitrogens with zero attached hydrogens (tertiary/aromatic N) is 2. The number of Topliss-reactive ketones (excluding diaryl/α,β-unsaturated/α-hetero) is 1. The fourth-order valence-electron chi connectivity index (χ4n) is 2.38. The molecular formula is C17H14F3N3O2. The van der Waals surface area contributed by atoms with E-state index in [2.05, 4.69) is 15.2 Å². The van der Waals surface area contributed by atoms with Crippen LogP contribution in [0.5, 0.6) is 5.88 Å². The minimum absolute atomic E-state index is 0.0218. The number of nitrogens with one attached hydrogen (secondary N) is 1. The SMILES string of the molecule is CC(=O)CCOc1n[nH]c2nc(-c3ccccc3)cc(C(F)(F)F)c12. The number of ether oxygens (including phenoxy) is 1. The lowest BCUT2D eigenvalue weighted by Gasteiger charge is -2.11. The fourth-order valence-corrected chi connectivity index (χ4v) is 2.38. The van der Waals surface area contributed by atoms with E-state index in [0.29, 0.717) is 5.56 Å². The number of fused-ring (bicyclic) bond motifs is 1. The zero-order valence-corrected chi connectivity index (χ0v) is 13.2. The van der Waals surface area contributed by atoms with Crippen molar-refractivity contribution in [2.24, 2.45) is 0 Å². The summed E-state index contributed by atoms with van der Waals surface area (Å²) < 4.78 is 45.9. The highest BCUT2D eigenvalue weighted by Crippen LogP contribution is 2.39. The van der Waals surface area contributed by atoms with Crippen LogP contribution in [-0.4, -0.2) is 27.6 Å². The molecular weight excluding hydrogens is 335 g/mol. The molecule has 0 aliphatic carbocycles. The van der Waals surface area contributed by atoms with Crippen molar-refractivity contribution >= 4 is 16.8 Å². The van der Waals surface area contributed by atoms with E-state index in [1.54, 1.807) is 30.3 Å². The van der Waals surface area contributed by atoms with Crippen LogP contribution in [0.15, 0.2) is 36.4 Å². The van der Waals surface area contributed by atoms with Crippen molar-refractivity contribution in [1.29, 1.82) is 0 Å². The molecule has 0 saturated carbocycles. The summed E-state index contributed by atoms with van der Waals surface area (Å²) in [6.07, 6.45) is -4.52. The Kier molecular flexibility index (Phi) is 4.43. The number of ketones is 1. The van der Waals surface area contributed by atoms with Crippen molar-refractivity contribution in [3.8, 4) is 17.1 Å². The Balaban J connectivity index is 2.10. The lowest BCUT2D eigenvalue weighted by molar-refractivity contribution is -0.136. The monoisotopic (exact) mass is 349 g/mol. The Hall–Kier alpha value is -2.90. The predicted octanol–water partition coefficient (Wildman–Crippen LogP) is 4.00. The Labute approximate surface area is 140 Å². The molecule has 3 rings (SSSR count). The van der Waals surface area contributed by atoms with Gasteiger partial charge in [0.05, 0.1) is 23.3 Å². The van der Waals surface area contributed by atoms with Gasteiger partial charge in [-0.15, -0.1) is 5.10 Å². The van der Waals surface area contributed by atoms with Crippen LogP contribution < -0.4 is 4.74 Å². The molecule has 0 atom stereocenters. The van der Waals surface area contributed by atoms with Crippen LogP contribution in [0.1, 0.15) is 18.9 Å². The highest BCUT2D eigenvalue weighted by Gasteiger charge is 2.36. The van der Waals surface area contributed by atoms with Crippen LogP contribution in [0.3, 0.4) is 0 Å². The van der Waals surface area contributed by atoms with Gasteiger partial charge in [0.25, 0.3) is 0 Å². The molecule has 0 fully saturated rings. The van der Waals surface area contributed by atoms with E-state index in [9.17, 15) is 18.0 Å². The van der Waals surface area contributed by atoms with Gasteiger partial charge in [-0.05, 0) is 13.0 Å². The molecule has 0 aliphatic heterocycles. The van der Waals surface area contributed by atoms with E-state index >= 15 is 0 Å². The van der Waals surface area contributed by atoms with Crippen LogP contribution in [0, 0.1) is 0 Å². The third-order valence-corrected chi connectivity index (χ3v) is 3.56. The van der Waals surface area contributed by atoms with Crippen LogP contribution in [0.2, 0.25) is 0 Å². The summed E-state index contributed by atoms with van der Waals surface area (Å²) in [5.41, 5.74) is -0.169. The van der Waals surface area contributed by atoms with E-state index in [-0.39, 0.29) is 41.4 Å². The molecule has 0 amide bonds. The molecule has 5 nitrogen and oxygen atoms in total.